The Labute approximate surface area is 188 Å². The maximum atomic E-state index is 13.7. The van der Waals surface area contributed by atoms with Crippen LogP contribution in [0.15, 0.2) is 52.9 Å². The molecule has 0 aliphatic carbocycles. The summed E-state index contributed by atoms with van der Waals surface area (Å²) in [5.74, 6) is -0.259. The van der Waals surface area contributed by atoms with E-state index in [2.05, 4.69) is 18.9 Å². The molecule has 2 aromatic heterocycles. The van der Waals surface area contributed by atoms with Gasteiger partial charge in [-0.1, -0.05) is 55.0 Å². The van der Waals surface area contributed by atoms with Crippen LogP contribution in [0.25, 0.3) is 27.5 Å². The number of benzene rings is 2. The van der Waals surface area contributed by atoms with Crippen molar-refractivity contribution in [3.8, 4) is 27.5 Å². The lowest BCUT2D eigenvalue weighted by Gasteiger charge is -2.07. The van der Waals surface area contributed by atoms with Crippen molar-refractivity contribution in [2.75, 3.05) is 0 Å². The fourth-order valence-electron chi connectivity index (χ4n) is 3.25. The molecule has 2 heterocycles. The number of halogens is 2. The first-order valence-corrected chi connectivity index (χ1v) is 11.7. The van der Waals surface area contributed by atoms with E-state index in [-0.39, 0.29) is 5.82 Å². The van der Waals surface area contributed by atoms with Gasteiger partial charge in [-0.3, -0.25) is 0 Å². The predicted molar refractivity (Wildman–Crippen MR) is 126 cm³/mol. The third kappa shape index (κ3) is 4.31. The van der Waals surface area contributed by atoms with E-state index in [1.807, 2.05) is 44.3 Å². The Kier molecular flexibility index (Phi) is 6.00. The third-order valence-electron chi connectivity index (χ3n) is 4.60. The molecule has 0 spiro atoms. The van der Waals surface area contributed by atoms with Gasteiger partial charge in [0.1, 0.15) is 5.82 Å². The normalized spacial score (nSPS) is 11.4. The summed E-state index contributed by atoms with van der Waals surface area (Å²) >= 11 is 9.56. The van der Waals surface area contributed by atoms with Crippen LogP contribution in [0.4, 0.5) is 4.39 Å². The van der Waals surface area contributed by atoms with Crippen molar-refractivity contribution in [3.05, 3.63) is 70.8 Å². The average molecular weight is 458 g/mol. The molecule has 0 atom stereocenters. The van der Waals surface area contributed by atoms with Gasteiger partial charge in [-0.15, -0.1) is 11.8 Å². The summed E-state index contributed by atoms with van der Waals surface area (Å²) in [6, 6.07) is 12.4. The molecule has 2 aromatic carbocycles. The summed E-state index contributed by atoms with van der Waals surface area (Å²) in [4.78, 5) is 4.94. The Hall–Kier alpha value is -2.15. The molecule has 0 aliphatic rings. The number of hydrogen-bond donors (Lipinski definition) is 0. The monoisotopic (exact) mass is 457 g/mol. The van der Waals surface area contributed by atoms with E-state index in [0.29, 0.717) is 10.3 Å². The molecule has 0 saturated heterocycles. The summed E-state index contributed by atoms with van der Waals surface area (Å²) < 4.78 is 16.6. The van der Waals surface area contributed by atoms with Gasteiger partial charge < -0.3 is 0 Å². The zero-order valence-electron chi connectivity index (χ0n) is 17.1. The maximum Gasteiger partial charge on any atom is 0.211 e. The van der Waals surface area contributed by atoms with Crippen molar-refractivity contribution in [1.82, 2.24) is 14.8 Å². The molecule has 7 heteroatoms. The number of nitrogens with zero attached hydrogens (tertiary/aromatic N) is 3. The third-order valence-corrected chi connectivity index (χ3v) is 7.09. The van der Waals surface area contributed by atoms with E-state index in [4.69, 9.17) is 16.6 Å². The summed E-state index contributed by atoms with van der Waals surface area (Å²) in [6.07, 6.45) is 1.92. The van der Waals surface area contributed by atoms with Crippen molar-refractivity contribution in [3.63, 3.8) is 0 Å². The van der Waals surface area contributed by atoms with Gasteiger partial charge in [-0.25, -0.2) is 14.1 Å². The smallest absolute Gasteiger partial charge is 0.211 e. The van der Waals surface area contributed by atoms with Crippen molar-refractivity contribution in [2.24, 2.45) is 0 Å². The summed E-state index contributed by atoms with van der Waals surface area (Å²) in [6.45, 7) is 8.31. The Balaban J connectivity index is 1.80. The molecule has 0 aliphatic heterocycles. The predicted octanol–water partition coefficient (Wildman–Crippen LogP) is 7.57. The van der Waals surface area contributed by atoms with Crippen LogP contribution in [0.5, 0.6) is 0 Å². The van der Waals surface area contributed by atoms with E-state index < -0.39 is 0 Å². The highest BCUT2D eigenvalue weighted by Crippen LogP contribution is 2.41. The number of aromatic nitrogens is 3. The van der Waals surface area contributed by atoms with Gasteiger partial charge in [-0.05, 0) is 49.2 Å². The van der Waals surface area contributed by atoms with Crippen LogP contribution in [0.2, 0.25) is 5.02 Å². The van der Waals surface area contributed by atoms with Crippen LogP contribution in [0.1, 0.15) is 25.1 Å². The topological polar surface area (TPSA) is 30.7 Å². The minimum atomic E-state index is -0.259. The first-order valence-electron chi connectivity index (χ1n) is 9.58. The van der Waals surface area contributed by atoms with Crippen molar-refractivity contribution < 1.29 is 4.39 Å². The maximum absolute atomic E-state index is 13.7. The van der Waals surface area contributed by atoms with Crippen LogP contribution < -0.4 is 0 Å². The molecule has 30 heavy (non-hydrogen) atoms. The molecule has 0 fully saturated rings. The van der Waals surface area contributed by atoms with Crippen LogP contribution in [-0.2, 0) is 0 Å². The van der Waals surface area contributed by atoms with Crippen LogP contribution in [0.3, 0.4) is 0 Å². The largest absolute Gasteiger partial charge is 0.217 e. The second-order valence-corrected chi connectivity index (χ2v) is 10.6. The fraction of sp³-hybridized carbons (Fsp3) is 0.217. The quantitative estimate of drug-likeness (QED) is 0.289. The molecule has 0 N–H and O–H groups in total. The van der Waals surface area contributed by atoms with Crippen LogP contribution in [0, 0.1) is 19.7 Å². The molecular weight excluding hydrogens is 437 g/mol. The Morgan fingerprint density at radius 3 is 2.60 bits per heavy atom. The lowest BCUT2D eigenvalue weighted by molar-refractivity contribution is 0.628. The fourth-order valence-corrected chi connectivity index (χ4v) is 5.91. The Bertz CT molecular complexity index is 1210. The van der Waals surface area contributed by atoms with E-state index in [1.165, 1.54) is 12.1 Å². The van der Waals surface area contributed by atoms with Crippen LogP contribution >= 0.6 is 34.7 Å². The first-order chi connectivity index (χ1) is 14.3. The van der Waals surface area contributed by atoms with Gasteiger partial charge in [-0.2, -0.15) is 5.10 Å². The number of hydrogen-bond acceptors (Lipinski definition) is 4. The molecule has 0 bridgehead atoms. The van der Waals surface area contributed by atoms with Crippen LogP contribution in [-0.4, -0.2) is 20.0 Å². The molecule has 0 unspecified atom stereocenters. The second kappa shape index (κ2) is 8.53. The number of rotatable bonds is 5. The summed E-state index contributed by atoms with van der Waals surface area (Å²) in [5, 5.41) is 6.59. The highest BCUT2D eigenvalue weighted by Gasteiger charge is 2.19. The van der Waals surface area contributed by atoms with Gasteiger partial charge in [0, 0.05) is 27.6 Å². The molecule has 4 aromatic rings. The highest BCUT2D eigenvalue weighted by atomic mass is 35.5. The summed E-state index contributed by atoms with van der Waals surface area (Å²) in [5.41, 5.74) is 5.63. The van der Waals surface area contributed by atoms with E-state index in [0.717, 1.165) is 43.0 Å². The minimum absolute atomic E-state index is 0.259. The SMILES string of the molecule is Cc1cc(Cl)ccc1-c1nc(-n2cc(-c3cccc(F)c3)c(C)n2)sc1SC(C)C. The van der Waals surface area contributed by atoms with E-state index in [9.17, 15) is 4.39 Å². The molecule has 0 amide bonds. The van der Waals surface area contributed by atoms with E-state index in [1.54, 1.807) is 33.8 Å². The molecule has 0 saturated carbocycles. The first kappa shape index (κ1) is 21.1. The minimum Gasteiger partial charge on any atom is -0.217 e. The van der Waals surface area contributed by atoms with Crippen molar-refractivity contribution >= 4 is 34.7 Å². The molecule has 154 valence electrons. The molecular formula is C23H21ClFN3S2. The van der Waals surface area contributed by atoms with Crippen molar-refractivity contribution in [2.45, 2.75) is 37.2 Å². The number of aryl methyl sites for hydroxylation is 2. The number of thioether (sulfide) groups is 1. The Morgan fingerprint density at radius 1 is 1.10 bits per heavy atom. The van der Waals surface area contributed by atoms with Gasteiger partial charge in [0.15, 0.2) is 0 Å². The lowest BCUT2D eigenvalue weighted by atomic mass is 10.1. The van der Waals surface area contributed by atoms with Gasteiger partial charge >= 0.3 is 0 Å². The molecule has 3 nitrogen and oxygen atoms in total. The van der Waals surface area contributed by atoms with Gasteiger partial charge in [0.05, 0.1) is 15.6 Å². The lowest BCUT2D eigenvalue weighted by Crippen LogP contribution is -1.94. The van der Waals surface area contributed by atoms with Crippen molar-refractivity contribution in [1.29, 1.82) is 0 Å². The van der Waals surface area contributed by atoms with Gasteiger partial charge in [0.2, 0.25) is 5.13 Å². The Morgan fingerprint density at radius 2 is 1.90 bits per heavy atom. The standard InChI is InChI=1S/C23H21ClFN3S2/c1-13(2)29-22-21(19-9-8-17(24)10-14(19)3)26-23(30-22)28-12-20(15(4)27-28)16-6-5-7-18(25)11-16/h5-13H,1-4H3. The molecule has 4 rings (SSSR count). The molecule has 0 radical (unpaired) electrons. The average Bonchev–Trinajstić information content (AvgIpc) is 3.25. The zero-order valence-corrected chi connectivity index (χ0v) is 19.5. The zero-order chi connectivity index (χ0) is 21.4. The number of thiazole rings is 1. The highest BCUT2D eigenvalue weighted by molar-refractivity contribution is 8.01. The second-order valence-electron chi connectivity index (χ2n) is 7.34. The van der Waals surface area contributed by atoms with Gasteiger partial charge in [0.25, 0.3) is 0 Å². The summed E-state index contributed by atoms with van der Waals surface area (Å²) in [7, 11) is 0. The van der Waals surface area contributed by atoms with E-state index >= 15 is 0 Å².